The fourth-order valence-electron chi connectivity index (χ4n) is 3.26. The highest BCUT2D eigenvalue weighted by molar-refractivity contribution is 5.61. The average Bonchev–Trinajstić information content (AvgIpc) is 3.27. The molecule has 3 N–H and O–H groups in total. The second-order valence-corrected chi connectivity index (χ2v) is 6.20. The predicted octanol–water partition coefficient (Wildman–Crippen LogP) is 2.79. The van der Waals surface area contributed by atoms with E-state index in [1.807, 2.05) is 24.3 Å². The number of benzene rings is 2. The number of fused-ring (bicyclic) bond motifs is 1. The van der Waals surface area contributed by atoms with Crippen molar-refractivity contribution in [2.45, 2.75) is 18.5 Å². The van der Waals surface area contributed by atoms with E-state index in [0.717, 1.165) is 17.5 Å². The van der Waals surface area contributed by atoms with Gasteiger partial charge in [0.2, 0.25) is 5.82 Å². The highest BCUT2D eigenvalue weighted by Gasteiger charge is 2.30. The fourth-order valence-corrected chi connectivity index (χ4v) is 3.26. The Labute approximate surface area is 151 Å². The van der Waals surface area contributed by atoms with Crippen molar-refractivity contribution in [3.63, 3.8) is 0 Å². The summed E-state index contributed by atoms with van der Waals surface area (Å²) in [6.45, 7) is 0. The number of anilines is 1. The molecule has 134 valence electrons. The van der Waals surface area contributed by atoms with Gasteiger partial charge in [0.25, 0.3) is 0 Å². The van der Waals surface area contributed by atoms with Gasteiger partial charge < -0.3 is 25.0 Å². The van der Waals surface area contributed by atoms with Gasteiger partial charge in [-0.1, -0.05) is 29.4 Å². The minimum atomic E-state index is -0.113. The molecule has 3 aromatic rings. The number of rotatable bonds is 5. The molecule has 0 radical (unpaired) electrons. The third-order valence-electron chi connectivity index (χ3n) is 4.63. The lowest BCUT2D eigenvalue weighted by molar-refractivity contribution is 0.394. The Kier molecular flexibility index (Phi) is 4.22. The molecule has 0 unspecified atom stereocenters. The number of hydrogen-bond donors (Lipinski definition) is 2. The Morgan fingerprint density at radius 1 is 1.12 bits per heavy atom. The van der Waals surface area contributed by atoms with Crippen molar-refractivity contribution < 1.29 is 14.0 Å². The van der Waals surface area contributed by atoms with Gasteiger partial charge in [-0.25, -0.2) is 0 Å². The van der Waals surface area contributed by atoms with E-state index >= 15 is 0 Å². The maximum absolute atomic E-state index is 6.35. The molecule has 0 saturated heterocycles. The van der Waals surface area contributed by atoms with E-state index < -0.39 is 0 Å². The van der Waals surface area contributed by atoms with Crippen molar-refractivity contribution in [3.8, 4) is 22.9 Å². The van der Waals surface area contributed by atoms with Gasteiger partial charge in [0.15, 0.2) is 0 Å². The average molecular weight is 352 g/mol. The molecular weight excluding hydrogens is 332 g/mol. The van der Waals surface area contributed by atoms with Crippen molar-refractivity contribution in [2.24, 2.45) is 5.73 Å². The first-order valence-corrected chi connectivity index (χ1v) is 8.35. The van der Waals surface area contributed by atoms with Gasteiger partial charge in [-0.05, 0) is 29.7 Å². The van der Waals surface area contributed by atoms with Gasteiger partial charge >= 0.3 is 6.01 Å². The SMILES string of the molecule is COc1cc(OC)cc(-c2noc(N[C@@H]3Cc4ccccc4[C@H]3N)n2)c1. The minimum absolute atomic E-state index is 0.0144. The third-order valence-corrected chi connectivity index (χ3v) is 4.63. The Hall–Kier alpha value is -3.06. The third kappa shape index (κ3) is 2.97. The molecule has 0 bridgehead atoms. The number of aromatic nitrogens is 2. The molecule has 7 nitrogen and oxygen atoms in total. The smallest absolute Gasteiger partial charge is 0.322 e. The van der Waals surface area contributed by atoms with Crippen LogP contribution in [0.25, 0.3) is 11.4 Å². The molecule has 2 atom stereocenters. The van der Waals surface area contributed by atoms with Crippen LogP contribution in [0.3, 0.4) is 0 Å². The Morgan fingerprint density at radius 3 is 2.54 bits per heavy atom. The van der Waals surface area contributed by atoms with Gasteiger partial charge in [-0.2, -0.15) is 4.98 Å². The van der Waals surface area contributed by atoms with Crippen molar-refractivity contribution in [1.29, 1.82) is 0 Å². The zero-order valence-electron chi connectivity index (χ0n) is 14.6. The van der Waals surface area contributed by atoms with Gasteiger partial charge in [-0.15, -0.1) is 0 Å². The van der Waals surface area contributed by atoms with Crippen molar-refractivity contribution >= 4 is 6.01 Å². The molecule has 26 heavy (non-hydrogen) atoms. The van der Waals surface area contributed by atoms with E-state index in [1.54, 1.807) is 20.3 Å². The normalized spacial score (nSPS) is 18.4. The second-order valence-electron chi connectivity index (χ2n) is 6.20. The predicted molar refractivity (Wildman–Crippen MR) is 97.3 cm³/mol. The van der Waals surface area contributed by atoms with Crippen LogP contribution < -0.4 is 20.5 Å². The molecule has 1 aromatic heterocycles. The molecule has 2 aromatic carbocycles. The first-order valence-electron chi connectivity index (χ1n) is 8.35. The van der Waals surface area contributed by atoms with Gasteiger partial charge in [0.1, 0.15) is 11.5 Å². The number of hydrogen-bond acceptors (Lipinski definition) is 7. The minimum Gasteiger partial charge on any atom is -0.497 e. The molecule has 0 fully saturated rings. The van der Waals surface area contributed by atoms with E-state index in [0.29, 0.717) is 23.3 Å². The fraction of sp³-hybridized carbons (Fsp3) is 0.263. The molecule has 7 heteroatoms. The molecule has 1 aliphatic carbocycles. The quantitative estimate of drug-likeness (QED) is 0.729. The highest BCUT2D eigenvalue weighted by atomic mass is 16.5. The largest absolute Gasteiger partial charge is 0.497 e. The van der Waals surface area contributed by atoms with Gasteiger partial charge in [0.05, 0.1) is 26.3 Å². The van der Waals surface area contributed by atoms with Crippen molar-refractivity contribution in [2.75, 3.05) is 19.5 Å². The lowest BCUT2D eigenvalue weighted by atomic mass is 10.1. The van der Waals surface area contributed by atoms with Crippen LogP contribution in [0.4, 0.5) is 6.01 Å². The van der Waals surface area contributed by atoms with Crippen LogP contribution in [-0.2, 0) is 6.42 Å². The topological polar surface area (TPSA) is 95.4 Å². The van der Waals surface area contributed by atoms with Crippen LogP contribution >= 0.6 is 0 Å². The summed E-state index contributed by atoms with van der Waals surface area (Å²) < 4.78 is 15.9. The number of nitrogens with two attached hydrogens (primary N) is 1. The van der Waals surface area contributed by atoms with Crippen LogP contribution in [0.2, 0.25) is 0 Å². The molecule has 0 saturated carbocycles. The summed E-state index contributed by atoms with van der Waals surface area (Å²) in [6.07, 6.45) is 0.821. The van der Waals surface area contributed by atoms with E-state index in [-0.39, 0.29) is 12.1 Å². The summed E-state index contributed by atoms with van der Waals surface area (Å²) in [5, 5.41) is 7.31. The van der Waals surface area contributed by atoms with Gasteiger partial charge in [-0.3, -0.25) is 0 Å². The number of methoxy groups -OCH3 is 2. The lowest BCUT2D eigenvalue weighted by Gasteiger charge is -2.15. The Morgan fingerprint density at radius 2 is 1.85 bits per heavy atom. The second kappa shape index (κ2) is 6.68. The monoisotopic (exact) mass is 352 g/mol. The number of nitrogens with one attached hydrogen (secondary N) is 1. The lowest BCUT2D eigenvalue weighted by Crippen LogP contribution is -2.29. The van der Waals surface area contributed by atoms with E-state index in [2.05, 4.69) is 27.6 Å². The first-order chi connectivity index (χ1) is 12.7. The zero-order chi connectivity index (χ0) is 18.1. The Balaban J connectivity index is 1.54. The number of nitrogens with zero attached hydrogens (tertiary/aromatic N) is 2. The Bertz CT molecular complexity index is 902. The van der Waals surface area contributed by atoms with Crippen LogP contribution in [0.5, 0.6) is 11.5 Å². The van der Waals surface area contributed by atoms with Crippen molar-refractivity contribution in [1.82, 2.24) is 10.1 Å². The molecule has 1 aliphatic rings. The molecular formula is C19H20N4O3. The molecule has 0 spiro atoms. The van der Waals surface area contributed by atoms with E-state index in [4.69, 9.17) is 19.7 Å². The van der Waals surface area contributed by atoms with Crippen LogP contribution in [0.15, 0.2) is 47.0 Å². The summed E-state index contributed by atoms with van der Waals surface area (Å²) in [4.78, 5) is 4.44. The summed E-state index contributed by atoms with van der Waals surface area (Å²) in [5.74, 6) is 1.77. The van der Waals surface area contributed by atoms with Crippen LogP contribution in [0, 0.1) is 0 Å². The summed E-state index contributed by atoms with van der Waals surface area (Å²) in [6, 6.07) is 13.9. The standard InChI is InChI=1S/C19H20N4O3/c1-24-13-7-12(8-14(10-13)25-2)18-22-19(26-23-18)21-16-9-11-5-3-4-6-15(11)17(16)20/h3-8,10,16-17H,9,20H2,1-2H3,(H,21,22,23)/t16-,17-/m1/s1. The molecule has 0 amide bonds. The maximum Gasteiger partial charge on any atom is 0.322 e. The number of ether oxygens (including phenoxy) is 2. The molecule has 1 heterocycles. The van der Waals surface area contributed by atoms with Crippen LogP contribution in [-0.4, -0.2) is 30.4 Å². The summed E-state index contributed by atoms with van der Waals surface area (Å²) >= 11 is 0. The molecule has 4 rings (SSSR count). The zero-order valence-corrected chi connectivity index (χ0v) is 14.6. The maximum atomic E-state index is 6.35. The highest BCUT2D eigenvalue weighted by Crippen LogP contribution is 2.32. The van der Waals surface area contributed by atoms with Gasteiger partial charge in [0, 0.05) is 11.6 Å². The van der Waals surface area contributed by atoms with Crippen molar-refractivity contribution in [3.05, 3.63) is 53.6 Å². The summed E-state index contributed by atoms with van der Waals surface area (Å²) in [5.41, 5.74) is 9.49. The van der Waals surface area contributed by atoms with E-state index in [9.17, 15) is 0 Å². The van der Waals surface area contributed by atoms with Crippen LogP contribution in [0.1, 0.15) is 17.2 Å². The first kappa shape index (κ1) is 16.4. The van der Waals surface area contributed by atoms with E-state index in [1.165, 1.54) is 5.56 Å². The molecule has 0 aliphatic heterocycles. The summed E-state index contributed by atoms with van der Waals surface area (Å²) in [7, 11) is 3.20.